The van der Waals surface area contributed by atoms with Crippen molar-refractivity contribution in [3.63, 3.8) is 0 Å². The van der Waals surface area contributed by atoms with E-state index in [0.717, 1.165) is 67.2 Å². The van der Waals surface area contributed by atoms with Crippen LogP contribution in [0.3, 0.4) is 0 Å². The summed E-state index contributed by atoms with van der Waals surface area (Å²) < 4.78 is 2.31. The molecule has 7 heteroatoms. The fourth-order valence-corrected chi connectivity index (χ4v) is 4.78. The minimum absolute atomic E-state index is 0.143. The molecule has 3 aromatic rings. The highest BCUT2D eigenvalue weighted by Crippen LogP contribution is 2.36. The van der Waals surface area contributed by atoms with Crippen LogP contribution in [0.5, 0.6) is 0 Å². The first-order chi connectivity index (χ1) is 16.1. The first-order valence-electron chi connectivity index (χ1n) is 12.3. The highest BCUT2D eigenvalue weighted by molar-refractivity contribution is 5.94. The summed E-state index contributed by atoms with van der Waals surface area (Å²) in [4.78, 5) is 9.59. The summed E-state index contributed by atoms with van der Waals surface area (Å²) in [6.45, 7) is 5.83. The average molecular weight is 452 g/mol. The summed E-state index contributed by atoms with van der Waals surface area (Å²) in [5, 5.41) is 26.7. The molecule has 1 unspecified atom stereocenters. The van der Waals surface area contributed by atoms with E-state index in [1.807, 2.05) is 6.20 Å². The fraction of sp³-hybridized carbons (Fsp3) is 0.538. The van der Waals surface area contributed by atoms with Crippen LogP contribution in [0.15, 0.2) is 36.7 Å². The van der Waals surface area contributed by atoms with E-state index in [-0.39, 0.29) is 12.7 Å². The molecule has 1 fully saturated rings. The van der Waals surface area contributed by atoms with Gasteiger partial charge in [0.25, 0.3) is 0 Å². The molecule has 0 radical (unpaired) electrons. The number of nitrogens with one attached hydrogen (secondary N) is 2. The smallest absolute Gasteiger partial charge is 0.224 e. The van der Waals surface area contributed by atoms with E-state index in [2.05, 4.69) is 64.5 Å². The zero-order valence-electron chi connectivity index (χ0n) is 19.8. The Morgan fingerprint density at radius 3 is 2.61 bits per heavy atom. The van der Waals surface area contributed by atoms with Gasteiger partial charge in [0, 0.05) is 48.5 Å². The maximum atomic E-state index is 10.0. The first-order valence-corrected chi connectivity index (χ1v) is 12.3. The lowest BCUT2D eigenvalue weighted by atomic mass is 9.93. The molecule has 0 aliphatic heterocycles. The molecule has 1 aromatic carbocycles. The van der Waals surface area contributed by atoms with Crippen molar-refractivity contribution in [3.05, 3.63) is 42.2 Å². The summed E-state index contributed by atoms with van der Waals surface area (Å²) in [7, 11) is 0. The summed E-state index contributed by atoms with van der Waals surface area (Å²) in [5.74, 6) is 0.676. The van der Waals surface area contributed by atoms with E-state index in [1.54, 1.807) is 0 Å². The summed E-state index contributed by atoms with van der Waals surface area (Å²) in [6, 6.07) is 9.21. The van der Waals surface area contributed by atoms with E-state index in [0.29, 0.717) is 24.6 Å². The number of aliphatic hydroxyl groups excluding tert-OH is 2. The van der Waals surface area contributed by atoms with Crippen molar-refractivity contribution in [1.82, 2.24) is 19.9 Å². The Kier molecular flexibility index (Phi) is 7.96. The van der Waals surface area contributed by atoms with Gasteiger partial charge in [0.15, 0.2) is 0 Å². The Hall–Kier alpha value is -2.48. The molecule has 1 saturated carbocycles. The monoisotopic (exact) mass is 451 g/mol. The quantitative estimate of drug-likeness (QED) is 0.344. The molecule has 0 spiro atoms. The van der Waals surface area contributed by atoms with E-state index >= 15 is 0 Å². The lowest BCUT2D eigenvalue weighted by Crippen LogP contribution is -2.21. The maximum Gasteiger partial charge on any atom is 0.224 e. The molecule has 7 nitrogen and oxygen atoms in total. The third-order valence-electron chi connectivity index (χ3n) is 6.61. The van der Waals surface area contributed by atoms with Gasteiger partial charge in [-0.1, -0.05) is 37.6 Å². The summed E-state index contributed by atoms with van der Waals surface area (Å²) in [6.07, 6.45) is 9.76. The number of aromatic nitrogens is 3. The molecule has 0 bridgehead atoms. The van der Waals surface area contributed by atoms with Crippen LogP contribution in [0.1, 0.15) is 64.0 Å². The van der Waals surface area contributed by atoms with Gasteiger partial charge in [-0.2, -0.15) is 4.98 Å². The summed E-state index contributed by atoms with van der Waals surface area (Å²) >= 11 is 0. The predicted molar refractivity (Wildman–Crippen MR) is 133 cm³/mol. The van der Waals surface area contributed by atoms with Gasteiger partial charge in [0.2, 0.25) is 5.95 Å². The molecule has 0 amide bonds. The largest absolute Gasteiger partial charge is 0.395 e. The normalized spacial score (nSPS) is 19.6. The zero-order valence-corrected chi connectivity index (χ0v) is 19.8. The average Bonchev–Trinajstić information content (AvgIpc) is 3.19. The second kappa shape index (κ2) is 11.1. The Morgan fingerprint density at radius 2 is 1.91 bits per heavy atom. The second-order valence-corrected chi connectivity index (χ2v) is 9.27. The fourth-order valence-electron chi connectivity index (χ4n) is 4.78. The Bertz CT molecular complexity index is 1030. The molecule has 0 saturated heterocycles. The Balaban J connectivity index is 1.67. The number of anilines is 1. The molecule has 178 valence electrons. The highest BCUT2D eigenvalue weighted by atomic mass is 16.3. The number of nitrogens with zero attached hydrogens (tertiary/aromatic N) is 3. The third kappa shape index (κ3) is 5.72. The number of hydrogen-bond acceptors (Lipinski definition) is 6. The van der Waals surface area contributed by atoms with Crippen LogP contribution in [-0.2, 0) is 6.54 Å². The lowest BCUT2D eigenvalue weighted by molar-refractivity contribution is 0.111. The SMILES string of the molecule is CCCC(C)Nc1ncc2c(-c3ccc(CNCCO)cc3)cn(C3CCC(O)CC3)c2n1. The van der Waals surface area contributed by atoms with Crippen LogP contribution < -0.4 is 10.6 Å². The predicted octanol–water partition coefficient (Wildman–Crippen LogP) is 4.26. The van der Waals surface area contributed by atoms with Gasteiger partial charge in [0.1, 0.15) is 5.65 Å². The van der Waals surface area contributed by atoms with Gasteiger partial charge in [-0.3, -0.25) is 0 Å². The molecule has 2 heterocycles. The first kappa shape index (κ1) is 23.7. The number of aliphatic hydroxyl groups is 2. The van der Waals surface area contributed by atoms with Crippen molar-refractivity contribution < 1.29 is 10.2 Å². The van der Waals surface area contributed by atoms with Crippen molar-refractivity contribution in [2.75, 3.05) is 18.5 Å². The van der Waals surface area contributed by atoms with Crippen LogP contribution in [0.2, 0.25) is 0 Å². The van der Waals surface area contributed by atoms with Crippen molar-refractivity contribution in [1.29, 1.82) is 0 Å². The lowest BCUT2D eigenvalue weighted by Gasteiger charge is -2.27. The molecule has 1 aliphatic carbocycles. The van der Waals surface area contributed by atoms with Gasteiger partial charge in [0.05, 0.1) is 12.7 Å². The van der Waals surface area contributed by atoms with Gasteiger partial charge >= 0.3 is 0 Å². The van der Waals surface area contributed by atoms with Crippen LogP contribution in [0.25, 0.3) is 22.2 Å². The molecular weight excluding hydrogens is 414 g/mol. The highest BCUT2D eigenvalue weighted by Gasteiger charge is 2.24. The number of fused-ring (bicyclic) bond motifs is 1. The molecule has 33 heavy (non-hydrogen) atoms. The number of benzene rings is 1. The van der Waals surface area contributed by atoms with Crippen LogP contribution in [0, 0.1) is 0 Å². The molecule has 4 rings (SSSR count). The van der Waals surface area contributed by atoms with Gasteiger partial charge in [-0.05, 0) is 50.2 Å². The molecule has 1 aliphatic rings. The van der Waals surface area contributed by atoms with E-state index in [4.69, 9.17) is 10.1 Å². The van der Waals surface area contributed by atoms with Crippen molar-refractivity contribution in [3.8, 4) is 11.1 Å². The van der Waals surface area contributed by atoms with Gasteiger partial charge in [-0.15, -0.1) is 0 Å². The minimum atomic E-state index is -0.184. The molecule has 4 N–H and O–H groups in total. The second-order valence-electron chi connectivity index (χ2n) is 9.27. The minimum Gasteiger partial charge on any atom is -0.395 e. The van der Waals surface area contributed by atoms with Crippen LogP contribution in [-0.4, -0.2) is 50.0 Å². The Labute approximate surface area is 196 Å². The number of rotatable bonds is 10. The number of hydrogen-bond donors (Lipinski definition) is 4. The summed E-state index contributed by atoms with van der Waals surface area (Å²) in [5.41, 5.74) is 4.43. The molecule has 2 aromatic heterocycles. The van der Waals surface area contributed by atoms with Crippen molar-refractivity contribution in [2.45, 2.75) is 77.1 Å². The van der Waals surface area contributed by atoms with Crippen LogP contribution in [0.4, 0.5) is 5.95 Å². The molecular formula is C26H37N5O2. The van der Waals surface area contributed by atoms with Crippen LogP contribution >= 0.6 is 0 Å². The standard InChI is InChI=1S/C26H37N5O2/c1-3-4-18(2)29-26-28-16-23-24(20-7-5-19(6-8-20)15-27-13-14-32)17-31(25(23)30-26)21-9-11-22(33)12-10-21/h5-8,16-18,21-22,27,32-33H,3-4,9-15H2,1-2H3,(H,28,29,30). The van der Waals surface area contributed by atoms with Gasteiger partial charge < -0.3 is 25.4 Å². The third-order valence-corrected chi connectivity index (χ3v) is 6.61. The van der Waals surface area contributed by atoms with Crippen molar-refractivity contribution in [2.24, 2.45) is 0 Å². The van der Waals surface area contributed by atoms with Gasteiger partial charge in [-0.25, -0.2) is 4.98 Å². The zero-order chi connectivity index (χ0) is 23.2. The van der Waals surface area contributed by atoms with Crippen molar-refractivity contribution >= 4 is 17.0 Å². The Morgan fingerprint density at radius 1 is 1.15 bits per heavy atom. The van der Waals surface area contributed by atoms with E-state index in [9.17, 15) is 5.11 Å². The topological polar surface area (TPSA) is 95.2 Å². The maximum absolute atomic E-state index is 10.0. The molecule has 1 atom stereocenters. The van der Waals surface area contributed by atoms with E-state index < -0.39 is 0 Å². The van der Waals surface area contributed by atoms with E-state index in [1.165, 1.54) is 5.56 Å².